The summed E-state index contributed by atoms with van der Waals surface area (Å²) in [7, 11) is 0. The molecule has 1 aromatic carbocycles. The van der Waals surface area contributed by atoms with Crippen LogP contribution in [0.4, 0.5) is 0 Å². The summed E-state index contributed by atoms with van der Waals surface area (Å²) in [4.78, 5) is 23.0. The lowest BCUT2D eigenvalue weighted by molar-refractivity contribution is -0.152. The number of benzene rings is 1. The lowest BCUT2D eigenvalue weighted by atomic mass is 9.76. The Morgan fingerprint density at radius 2 is 1.70 bits per heavy atom. The van der Waals surface area contributed by atoms with E-state index in [0.29, 0.717) is 5.56 Å². The summed E-state index contributed by atoms with van der Waals surface area (Å²) in [5.41, 5.74) is -0.301. The van der Waals surface area contributed by atoms with Crippen molar-refractivity contribution in [3.8, 4) is 0 Å². The van der Waals surface area contributed by atoms with Crippen molar-refractivity contribution in [2.24, 2.45) is 11.3 Å². The standard InChI is InChI=1S/C17H24O6/c1-17(2,3)14(15(20)21)13(19)9-12(18)10-23-16(22)11-7-5-4-6-8-11/h4-8,12-14,18-19H,9-10H2,1-3H3,(H,20,21)/t12-,13+,14?/m0/s1. The molecule has 0 amide bonds. The third-order valence-electron chi connectivity index (χ3n) is 3.51. The zero-order valence-electron chi connectivity index (χ0n) is 13.6. The molecule has 0 aromatic heterocycles. The first-order valence-corrected chi connectivity index (χ1v) is 7.44. The molecule has 1 unspecified atom stereocenters. The van der Waals surface area contributed by atoms with E-state index >= 15 is 0 Å². The third kappa shape index (κ3) is 6.00. The topological polar surface area (TPSA) is 104 Å². The van der Waals surface area contributed by atoms with Gasteiger partial charge in [0.15, 0.2) is 0 Å². The molecule has 23 heavy (non-hydrogen) atoms. The van der Waals surface area contributed by atoms with Crippen molar-refractivity contribution in [1.82, 2.24) is 0 Å². The van der Waals surface area contributed by atoms with Crippen LogP contribution >= 0.6 is 0 Å². The number of aliphatic carboxylic acids is 1. The van der Waals surface area contributed by atoms with Crippen LogP contribution < -0.4 is 0 Å². The van der Waals surface area contributed by atoms with Crippen LogP contribution in [0.2, 0.25) is 0 Å². The summed E-state index contributed by atoms with van der Waals surface area (Å²) in [5.74, 6) is -2.73. The van der Waals surface area contributed by atoms with Crippen LogP contribution in [0.1, 0.15) is 37.6 Å². The Bertz CT molecular complexity index is 520. The lowest BCUT2D eigenvalue weighted by Crippen LogP contribution is -2.40. The highest BCUT2D eigenvalue weighted by Gasteiger charge is 2.38. The SMILES string of the molecule is CC(C)(C)C(C(=O)O)[C@H](O)C[C@H](O)COC(=O)c1ccccc1. The quantitative estimate of drug-likeness (QED) is 0.660. The van der Waals surface area contributed by atoms with Crippen molar-refractivity contribution in [1.29, 1.82) is 0 Å². The minimum Gasteiger partial charge on any atom is -0.481 e. The second-order valence-electron chi connectivity index (χ2n) is 6.60. The summed E-state index contributed by atoms with van der Waals surface area (Å²) in [6.07, 6.45) is -2.56. The van der Waals surface area contributed by atoms with Gasteiger partial charge in [0.1, 0.15) is 6.61 Å². The number of carboxylic acids is 1. The molecule has 0 bridgehead atoms. The van der Waals surface area contributed by atoms with Gasteiger partial charge >= 0.3 is 11.9 Å². The summed E-state index contributed by atoms with van der Waals surface area (Å²) >= 11 is 0. The maximum absolute atomic E-state index is 11.7. The summed E-state index contributed by atoms with van der Waals surface area (Å²) in [6, 6.07) is 8.32. The van der Waals surface area contributed by atoms with E-state index in [1.807, 2.05) is 0 Å². The van der Waals surface area contributed by atoms with Gasteiger partial charge in [0.05, 0.1) is 23.7 Å². The molecule has 0 aliphatic rings. The number of carboxylic acid groups (broad SMARTS) is 1. The van der Waals surface area contributed by atoms with E-state index in [1.165, 1.54) is 0 Å². The predicted molar refractivity (Wildman–Crippen MR) is 83.9 cm³/mol. The highest BCUT2D eigenvalue weighted by Crippen LogP contribution is 2.30. The first-order chi connectivity index (χ1) is 10.6. The molecule has 0 spiro atoms. The number of carbonyl (C=O) groups is 2. The number of hydrogen-bond acceptors (Lipinski definition) is 5. The van der Waals surface area contributed by atoms with E-state index < -0.39 is 35.5 Å². The first-order valence-electron chi connectivity index (χ1n) is 7.44. The number of hydrogen-bond donors (Lipinski definition) is 3. The second kappa shape index (κ2) is 8.08. The Hall–Kier alpha value is -1.92. The van der Waals surface area contributed by atoms with Gasteiger partial charge in [-0.15, -0.1) is 0 Å². The van der Waals surface area contributed by atoms with Crippen molar-refractivity contribution in [2.75, 3.05) is 6.61 Å². The van der Waals surface area contributed by atoms with E-state index in [4.69, 9.17) is 4.74 Å². The number of rotatable bonds is 7. The first kappa shape index (κ1) is 19.1. The molecule has 6 heteroatoms. The molecule has 3 atom stereocenters. The van der Waals surface area contributed by atoms with Crippen LogP contribution in [0.15, 0.2) is 30.3 Å². The molecule has 1 aromatic rings. The van der Waals surface area contributed by atoms with E-state index in [1.54, 1.807) is 51.1 Å². The zero-order chi connectivity index (χ0) is 17.6. The molecule has 0 heterocycles. The van der Waals surface area contributed by atoms with Crippen molar-refractivity contribution in [3.63, 3.8) is 0 Å². The molecule has 0 aliphatic heterocycles. The average Bonchev–Trinajstić information content (AvgIpc) is 2.43. The van der Waals surface area contributed by atoms with Gasteiger partial charge in [-0.25, -0.2) is 4.79 Å². The molecule has 0 fully saturated rings. The fourth-order valence-corrected chi connectivity index (χ4v) is 2.42. The van der Waals surface area contributed by atoms with E-state index in [9.17, 15) is 24.9 Å². The maximum atomic E-state index is 11.7. The largest absolute Gasteiger partial charge is 0.481 e. The summed E-state index contributed by atoms with van der Waals surface area (Å²) in [5, 5.41) is 29.2. The smallest absolute Gasteiger partial charge is 0.338 e. The van der Waals surface area contributed by atoms with Gasteiger partial charge in [0.25, 0.3) is 0 Å². The Morgan fingerprint density at radius 1 is 1.13 bits per heavy atom. The van der Waals surface area contributed by atoms with Gasteiger partial charge in [0.2, 0.25) is 0 Å². The Morgan fingerprint density at radius 3 is 2.17 bits per heavy atom. The van der Waals surface area contributed by atoms with Crippen LogP contribution in [-0.4, -0.2) is 46.1 Å². The molecule has 0 saturated heterocycles. The van der Waals surface area contributed by atoms with Gasteiger partial charge < -0.3 is 20.1 Å². The summed E-state index contributed by atoms with van der Waals surface area (Å²) < 4.78 is 4.97. The Kier molecular flexibility index (Phi) is 6.72. The van der Waals surface area contributed by atoms with Gasteiger partial charge in [-0.2, -0.15) is 0 Å². The zero-order valence-corrected chi connectivity index (χ0v) is 13.6. The number of ether oxygens (including phenoxy) is 1. The molecule has 0 radical (unpaired) electrons. The van der Waals surface area contributed by atoms with Crippen molar-refractivity contribution < 1.29 is 29.6 Å². The molecule has 3 N–H and O–H groups in total. The minimum absolute atomic E-state index is 0.184. The normalized spacial score (nSPS) is 15.5. The number of aliphatic hydroxyl groups is 2. The van der Waals surface area contributed by atoms with Crippen LogP contribution in [-0.2, 0) is 9.53 Å². The van der Waals surface area contributed by atoms with E-state index in [2.05, 4.69) is 0 Å². The van der Waals surface area contributed by atoms with Crippen LogP contribution in [0.25, 0.3) is 0 Å². The van der Waals surface area contributed by atoms with Crippen LogP contribution in [0.3, 0.4) is 0 Å². The highest BCUT2D eigenvalue weighted by molar-refractivity contribution is 5.89. The molecular weight excluding hydrogens is 300 g/mol. The van der Waals surface area contributed by atoms with E-state index in [-0.39, 0.29) is 13.0 Å². The Labute approximate surface area is 135 Å². The van der Waals surface area contributed by atoms with E-state index in [0.717, 1.165) is 0 Å². The van der Waals surface area contributed by atoms with Gasteiger partial charge in [-0.05, 0) is 17.5 Å². The highest BCUT2D eigenvalue weighted by atomic mass is 16.5. The fourth-order valence-electron chi connectivity index (χ4n) is 2.42. The van der Waals surface area contributed by atoms with Gasteiger partial charge in [-0.1, -0.05) is 39.0 Å². The van der Waals surface area contributed by atoms with Crippen molar-refractivity contribution >= 4 is 11.9 Å². The molecule has 1 rings (SSSR count). The molecular formula is C17H24O6. The fraction of sp³-hybridized carbons (Fsp3) is 0.529. The number of esters is 1. The number of carbonyl (C=O) groups excluding carboxylic acids is 1. The van der Waals surface area contributed by atoms with Crippen molar-refractivity contribution in [2.45, 2.75) is 39.4 Å². The molecule has 0 saturated carbocycles. The average molecular weight is 324 g/mol. The molecule has 6 nitrogen and oxygen atoms in total. The van der Waals surface area contributed by atoms with Gasteiger partial charge in [0, 0.05) is 6.42 Å². The molecule has 0 aliphatic carbocycles. The lowest BCUT2D eigenvalue weighted by Gasteiger charge is -2.31. The second-order valence-corrected chi connectivity index (χ2v) is 6.60. The Balaban J connectivity index is 2.54. The van der Waals surface area contributed by atoms with Crippen LogP contribution in [0.5, 0.6) is 0 Å². The monoisotopic (exact) mass is 324 g/mol. The van der Waals surface area contributed by atoms with Crippen molar-refractivity contribution in [3.05, 3.63) is 35.9 Å². The summed E-state index contributed by atoms with van der Waals surface area (Å²) in [6.45, 7) is 4.81. The van der Waals surface area contributed by atoms with Crippen LogP contribution in [0, 0.1) is 11.3 Å². The number of aliphatic hydroxyl groups excluding tert-OH is 2. The third-order valence-corrected chi connectivity index (χ3v) is 3.51. The minimum atomic E-state index is -1.24. The molecule has 128 valence electrons. The maximum Gasteiger partial charge on any atom is 0.338 e. The van der Waals surface area contributed by atoms with Gasteiger partial charge in [-0.3, -0.25) is 4.79 Å². The predicted octanol–water partition coefficient (Wildman–Crippen LogP) is 1.70.